The largest absolute Gasteiger partial charge is 0.497 e. The lowest BCUT2D eigenvalue weighted by Gasteiger charge is -2.42. The van der Waals surface area contributed by atoms with Gasteiger partial charge in [0.2, 0.25) is 5.95 Å². The number of piperidine rings is 1. The minimum Gasteiger partial charge on any atom is -0.497 e. The Morgan fingerprint density at radius 1 is 1.14 bits per heavy atom. The Hall–Kier alpha value is -2.93. The molecule has 1 aliphatic heterocycles. The molecule has 7 heteroatoms. The van der Waals surface area contributed by atoms with Crippen LogP contribution in [0, 0.1) is 5.41 Å². The van der Waals surface area contributed by atoms with E-state index in [2.05, 4.69) is 26.5 Å². The van der Waals surface area contributed by atoms with Crippen molar-refractivity contribution in [2.45, 2.75) is 19.3 Å². The molecule has 1 saturated heterocycles. The predicted octanol–water partition coefficient (Wildman–Crippen LogP) is 2.49. The number of hydrogen-bond donors (Lipinski definition) is 1. The molecular weight excluding hydrogens is 354 g/mol. The Morgan fingerprint density at radius 3 is 2.79 bits per heavy atom. The molecule has 0 aliphatic carbocycles. The van der Waals surface area contributed by atoms with Crippen LogP contribution in [0.5, 0.6) is 5.75 Å². The van der Waals surface area contributed by atoms with E-state index in [-0.39, 0.29) is 12.0 Å². The van der Waals surface area contributed by atoms with Gasteiger partial charge >= 0.3 is 0 Å². The quantitative estimate of drug-likeness (QED) is 0.709. The molecule has 0 unspecified atom stereocenters. The molecular formula is C21H25N5O2. The summed E-state index contributed by atoms with van der Waals surface area (Å²) < 4.78 is 7.12. The van der Waals surface area contributed by atoms with Crippen LogP contribution in [0.2, 0.25) is 0 Å². The second-order valence-electron chi connectivity index (χ2n) is 7.44. The van der Waals surface area contributed by atoms with Gasteiger partial charge in [-0.2, -0.15) is 4.68 Å². The molecule has 146 valence electrons. The summed E-state index contributed by atoms with van der Waals surface area (Å²) in [7, 11) is 1.67. The van der Waals surface area contributed by atoms with Crippen LogP contribution in [0.3, 0.4) is 0 Å². The van der Waals surface area contributed by atoms with E-state index < -0.39 is 0 Å². The SMILES string of the molecule is COc1cccc(C[C@@]2(CO)CCCN(c3nnnn3-c3ccccc3)C2)c1. The fraction of sp³-hybridized carbons (Fsp3) is 0.381. The highest BCUT2D eigenvalue weighted by atomic mass is 16.5. The fourth-order valence-electron chi connectivity index (χ4n) is 4.04. The molecule has 1 fully saturated rings. The van der Waals surface area contributed by atoms with Crippen LogP contribution in [0.15, 0.2) is 54.6 Å². The second kappa shape index (κ2) is 7.98. The molecule has 1 N–H and O–H groups in total. The molecule has 0 saturated carbocycles. The van der Waals surface area contributed by atoms with Crippen LogP contribution in [0.25, 0.3) is 5.69 Å². The number of rotatable bonds is 6. The predicted molar refractivity (Wildman–Crippen MR) is 107 cm³/mol. The molecule has 7 nitrogen and oxygen atoms in total. The van der Waals surface area contributed by atoms with Crippen molar-refractivity contribution in [3.05, 3.63) is 60.2 Å². The Kier molecular flexibility index (Phi) is 5.25. The molecule has 2 heterocycles. The highest BCUT2D eigenvalue weighted by Crippen LogP contribution is 2.35. The summed E-state index contributed by atoms with van der Waals surface area (Å²) in [4.78, 5) is 2.19. The normalized spacial score (nSPS) is 19.6. The average Bonchev–Trinajstić information content (AvgIpc) is 3.25. The first-order valence-corrected chi connectivity index (χ1v) is 9.56. The van der Waals surface area contributed by atoms with E-state index in [1.54, 1.807) is 11.8 Å². The van der Waals surface area contributed by atoms with Gasteiger partial charge in [-0.1, -0.05) is 35.4 Å². The molecule has 0 radical (unpaired) electrons. The first-order valence-electron chi connectivity index (χ1n) is 9.56. The van der Waals surface area contributed by atoms with E-state index in [1.807, 2.05) is 48.5 Å². The van der Waals surface area contributed by atoms with Crippen molar-refractivity contribution in [3.8, 4) is 11.4 Å². The maximum atomic E-state index is 10.3. The minimum absolute atomic E-state index is 0.119. The van der Waals surface area contributed by atoms with Crippen LogP contribution in [0.4, 0.5) is 5.95 Å². The van der Waals surface area contributed by atoms with Crippen LogP contribution in [0.1, 0.15) is 18.4 Å². The maximum Gasteiger partial charge on any atom is 0.250 e. The van der Waals surface area contributed by atoms with Gasteiger partial charge in [-0.05, 0) is 59.5 Å². The van der Waals surface area contributed by atoms with Gasteiger partial charge in [0.25, 0.3) is 0 Å². The molecule has 28 heavy (non-hydrogen) atoms. The zero-order valence-corrected chi connectivity index (χ0v) is 16.0. The first kappa shape index (κ1) is 18.4. The van der Waals surface area contributed by atoms with Gasteiger partial charge in [0.1, 0.15) is 5.75 Å². The first-order chi connectivity index (χ1) is 13.7. The molecule has 4 rings (SSSR count). The van der Waals surface area contributed by atoms with E-state index in [9.17, 15) is 5.11 Å². The van der Waals surface area contributed by atoms with Crippen molar-refractivity contribution in [2.24, 2.45) is 5.41 Å². The zero-order valence-electron chi connectivity index (χ0n) is 16.0. The Bertz CT molecular complexity index is 914. The summed E-state index contributed by atoms with van der Waals surface area (Å²) >= 11 is 0. The van der Waals surface area contributed by atoms with Crippen molar-refractivity contribution in [1.82, 2.24) is 20.2 Å². The Balaban J connectivity index is 1.59. The van der Waals surface area contributed by atoms with Crippen molar-refractivity contribution < 1.29 is 9.84 Å². The minimum atomic E-state index is -0.238. The number of anilines is 1. The van der Waals surface area contributed by atoms with E-state index in [0.29, 0.717) is 6.54 Å². The number of aliphatic hydroxyl groups excluding tert-OH is 1. The van der Waals surface area contributed by atoms with E-state index in [4.69, 9.17) is 4.74 Å². The van der Waals surface area contributed by atoms with Crippen molar-refractivity contribution in [1.29, 1.82) is 0 Å². The fourth-order valence-corrected chi connectivity index (χ4v) is 4.04. The van der Waals surface area contributed by atoms with E-state index in [0.717, 1.165) is 48.8 Å². The number of aromatic nitrogens is 4. The number of methoxy groups -OCH3 is 1. The Labute approximate surface area is 164 Å². The smallest absolute Gasteiger partial charge is 0.250 e. The summed E-state index contributed by atoms with van der Waals surface area (Å²) in [5, 5.41) is 22.7. The molecule has 0 amide bonds. The molecule has 1 aliphatic rings. The molecule has 0 bridgehead atoms. The summed E-state index contributed by atoms with van der Waals surface area (Å²) in [6.07, 6.45) is 2.72. The molecule has 2 aromatic carbocycles. The molecule has 0 spiro atoms. The topological polar surface area (TPSA) is 76.3 Å². The summed E-state index contributed by atoms with van der Waals surface area (Å²) in [5.41, 5.74) is 1.85. The second-order valence-corrected chi connectivity index (χ2v) is 7.44. The highest BCUT2D eigenvalue weighted by Gasteiger charge is 2.37. The Morgan fingerprint density at radius 2 is 2.00 bits per heavy atom. The van der Waals surface area contributed by atoms with Gasteiger partial charge in [-0.25, -0.2) is 0 Å². The number of nitrogens with zero attached hydrogens (tertiary/aromatic N) is 5. The van der Waals surface area contributed by atoms with Crippen molar-refractivity contribution in [3.63, 3.8) is 0 Å². The van der Waals surface area contributed by atoms with Crippen LogP contribution >= 0.6 is 0 Å². The standard InChI is InChI=1S/C21H25N5O2/c1-28-19-10-5-7-17(13-19)14-21(16-27)11-6-12-25(15-21)20-22-23-24-26(20)18-8-3-2-4-9-18/h2-5,7-10,13,27H,6,11-12,14-16H2,1H3/t21-/m0/s1. The van der Waals surface area contributed by atoms with E-state index in [1.165, 1.54) is 0 Å². The number of hydrogen-bond acceptors (Lipinski definition) is 6. The van der Waals surface area contributed by atoms with Crippen LogP contribution in [-0.2, 0) is 6.42 Å². The third-order valence-electron chi connectivity index (χ3n) is 5.45. The number of ether oxygens (including phenoxy) is 1. The summed E-state index contributed by atoms with van der Waals surface area (Å²) in [6, 6.07) is 18.0. The highest BCUT2D eigenvalue weighted by molar-refractivity contribution is 5.41. The maximum absolute atomic E-state index is 10.3. The third-order valence-corrected chi connectivity index (χ3v) is 5.45. The van der Waals surface area contributed by atoms with Gasteiger partial charge in [0.15, 0.2) is 0 Å². The number of para-hydroxylation sites is 1. The van der Waals surface area contributed by atoms with Crippen molar-refractivity contribution >= 4 is 5.95 Å². The van der Waals surface area contributed by atoms with Gasteiger partial charge in [0.05, 0.1) is 19.4 Å². The molecule has 3 aromatic rings. The lowest BCUT2D eigenvalue weighted by atomic mass is 9.76. The van der Waals surface area contributed by atoms with Gasteiger partial charge in [-0.3, -0.25) is 0 Å². The number of benzene rings is 2. The van der Waals surface area contributed by atoms with Gasteiger partial charge in [-0.15, -0.1) is 0 Å². The monoisotopic (exact) mass is 379 g/mol. The summed E-state index contributed by atoms with van der Waals surface area (Å²) in [6.45, 7) is 1.69. The lowest BCUT2D eigenvalue weighted by molar-refractivity contribution is 0.105. The lowest BCUT2D eigenvalue weighted by Crippen LogP contribution is -2.47. The summed E-state index contributed by atoms with van der Waals surface area (Å²) in [5.74, 6) is 1.56. The van der Waals surface area contributed by atoms with Crippen LogP contribution < -0.4 is 9.64 Å². The number of tetrazole rings is 1. The van der Waals surface area contributed by atoms with Crippen LogP contribution in [-0.4, -0.2) is 52.1 Å². The third kappa shape index (κ3) is 3.71. The number of aliphatic hydroxyl groups is 1. The average molecular weight is 379 g/mol. The molecule has 1 aromatic heterocycles. The van der Waals surface area contributed by atoms with Gasteiger partial charge < -0.3 is 14.7 Å². The molecule has 1 atom stereocenters. The van der Waals surface area contributed by atoms with Crippen molar-refractivity contribution in [2.75, 3.05) is 31.7 Å². The van der Waals surface area contributed by atoms with Gasteiger partial charge in [0, 0.05) is 18.5 Å². The zero-order chi connectivity index (χ0) is 19.4. The van der Waals surface area contributed by atoms with E-state index >= 15 is 0 Å².